The van der Waals surface area contributed by atoms with Crippen LogP contribution >= 0.6 is 0 Å². The van der Waals surface area contributed by atoms with E-state index < -0.39 is 0 Å². The molecule has 7 nitrogen and oxygen atoms in total. The quantitative estimate of drug-likeness (QED) is 0.722. The molecule has 7 heteroatoms. The van der Waals surface area contributed by atoms with E-state index in [1.807, 2.05) is 24.3 Å². The van der Waals surface area contributed by atoms with Crippen LogP contribution in [0, 0.1) is 0 Å². The Balaban J connectivity index is 1.77. The molecule has 0 spiro atoms. The molecule has 2 N–H and O–H groups in total. The van der Waals surface area contributed by atoms with Crippen LogP contribution in [-0.4, -0.2) is 48.3 Å². The highest BCUT2D eigenvalue weighted by Crippen LogP contribution is 2.14. The van der Waals surface area contributed by atoms with Crippen LogP contribution in [0.4, 0.5) is 5.95 Å². The molecule has 1 aromatic carbocycles. The summed E-state index contributed by atoms with van der Waals surface area (Å²) in [7, 11) is 1.64. The van der Waals surface area contributed by atoms with Crippen LogP contribution < -0.4 is 10.5 Å². The number of hydrogen-bond donors (Lipinski definition) is 1. The highest BCUT2D eigenvalue weighted by atomic mass is 16.5. The van der Waals surface area contributed by atoms with Crippen LogP contribution in [0.5, 0.6) is 5.75 Å². The Morgan fingerprint density at radius 3 is 2.50 bits per heavy atom. The summed E-state index contributed by atoms with van der Waals surface area (Å²) < 4.78 is 17.3. The predicted molar refractivity (Wildman–Crippen MR) is 74.0 cm³/mol. The molecule has 0 aliphatic rings. The molecule has 0 aliphatic carbocycles. The van der Waals surface area contributed by atoms with Crippen molar-refractivity contribution in [1.29, 1.82) is 0 Å². The van der Waals surface area contributed by atoms with E-state index in [9.17, 15) is 0 Å². The lowest BCUT2D eigenvalue weighted by Gasteiger charge is -2.07. The minimum Gasteiger partial charge on any atom is -0.491 e. The minimum absolute atomic E-state index is 0.249. The van der Waals surface area contributed by atoms with Gasteiger partial charge in [-0.25, -0.2) is 9.67 Å². The monoisotopic (exact) mass is 278 g/mol. The van der Waals surface area contributed by atoms with Gasteiger partial charge >= 0.3 is 0 Å². The molecule has 2 aromatic rings. The molecular formula is C13H18N4O3. The van der Waals surface area contributed by atoms with Gasteiger partial charge in [0.05, 0.1) is 25.5 Å². The molecule has 0 radical (unpaired) electrons. The van der Waals surface area contributed by atoms with Gasteiger partial charge in [-0.2, -0.15) is 0 Å². The maximum absolute atomic E-state index is 5.55. The van der Waals surface area contributed by atoms with Crippen molar-refractivity contribution in [3.05, 3.63) is 30.6 Å². The summed E-state index contributed by atoms with van der Waals surface area (Å²) in [6.07, 6.45) is 1.56. The largest absolute Gasteiger partial charge is 0.491 e. The molecule has 2 rings (SSSR count). The lowest BCUT2D eigenvalue weighted by atomic mass is 10.3. The van der Waals surface area contributed by atoms with Gasteiger partial charge in [-0.3, -0.25) is 0 Å². The van der Waals surface area contributed by atoms with Crippen molar-refractivity contribution in [2.75, 3.05) is 39.3 Å². The fraction of sp³-hybridized carbons (Fsp3) is 0.385. The first-order chi connectivity index (χ1) is 9.79. The van der Waals surface area contributed by atoms with Crippen molar-refractivity contribution in [2.45, 2.75) is 0 Å². The normalized spacial score (nSPS) is 10.7. The average molecular weight is 278 g/mol. The van der Waals surface area contributed by atoms with E-state index in [1.165, 1.54) is 0 Å². The topological polar surface area (TPSA) is 84.4 Å². The summed E-state index contributed by atoms with van der Waals surface area (Å²) >= 11 is 0. The lowest BCUT2D eigenvalue weighted by Crippen LogP contribution is -2.10. The molecule has 0 unspecified atom stereocenters. The molecule has 0 saturated heterocycles. The second-order valence-corrected chi connectivity index (χ2v) is 3.99. The standard InChI is InChI=1S/C13H18N4O3/c1-18-6-7-19-8-9-20-12-4-2-11(3-5-12)17-10-15-13(14)16-17/h2-5,10H,6-9H2,1H3,(H2,14,16). The van der Waals surface area contributed by atoms with Gasteiger partial charge in [0.2, 0.25) is 5.95 Å². The van der Waals surface area contributed by atoms with E-state index >= 15 is 0 Å². The molecule has 108 valence electrons. The SMILES string of the molecule is COCCOCCOc1ccc(-n2cnc(N)n2)cc1. The molecule has 0 saturated carbocycles. The molecule has 0 aliphatic heterocycles. The second kappa shape index (κ2) is 7.46. The Kier molecular flexibility index (Phi) is 5.33. The summed E-state index contributed by atoms with van der Waals surface area (Å²) in [5.74, 6) is 1.02. The number of benzene rings is 1. The van der Waals surface area contributed by atoms with Gasteiger partial charge in [-0.1, -0.05) is 0 Å². The highest BCUT2D eigenvalue weighted by Gasteiger charge is 2.00. The Bertz CT molecular complexity index is 513. The smallest absolute Gasteiger partial charge is 0.239 e. The Hall–Kier alpha value is -2.12. The van der Waals surface area contributed by atoms with Crippen LogP contribution in [0.25, 0.3) is 5.69 Å². The minimum atomic E-state index is 0.249. The zero-order valence-electron chi connectivity index (χ0n) is 11.4. The third-order valence-corrected chi connectivity index (χ3v) is 2.54. The molecule has 1 heterocycles. The first-order valence-electron chi connectivity index (χ1n) is 6.26. The van der Waals surface area contributed by atoms with E-state index in [1.54, 1.807) is 18.1 Å². The third kappa shape index (κ3) is 4.22. The van der Waals surface area contributed by atoms with Gasteiger partial charge in [0.1, 0.15) is 18.7 Å². The zero-order chi connectivity index (χ0) is 14.2. The number of anilines is 1. The van der Waals surface area contributed by atoms with Crippen LogP contribution in [0.2, 0.25) is 0 Å². The lowest BCUT2D eigenvalue weighted by molar-refractivity contribution is 0.0544. The second-order valence-electron chi connectivity index (χ2n) is 3.99. The van der Waals surface area contributed by atoms with Crippen molar-refractivity contribution in [2.24, 2.45) is 0 Å². The van der Waals surface area contributed by atoms with E-state index in [4.69, 9.17) is 19.9 Å². The number of hydrogen-bond acceptors (Lipinski definition) is 6. The summed E-state index contributed by atoms with van der Waals surface area (Å²) in [5.41, 5.74) is 6.34. The van der Waals surface area contributed by atoms with Crippen LogP contribution in [0.1, 0.15) is 0 Å². The molecule has 1 aromatic heterocycles. The summed E-state index contributed by atoms with van der Waals surface area (Å²) in [4.78, 5) is 3.87. The van der Waals surface area contributed by atoms with Gasteiger partial charge in [-0.05, 0) is 24.3 Å². The summed E-state index contributed by atoms with van der Waals surface area (Å²) in [5, 5.41) is 4.03. The molecule has 20 heavy (non-hydrogen) atoms. The molecule has 0 atom stereocenters. The highest BCUT2D eigenvalue weighted by molar-refractivity contribution is 5.37. The van der Waals surface area contributed by atoms with Crippen molar-refractivity contribution in [1.82, 2.24) is 14.8 Å². The number of methoxy groups -OCH3 is 1. The van der Waals surface area contributed by atoms with Gasteiger partial charge in [0, 0.05) is 7.11 Å². The van der Waals surface area contributed by atoms with Gasteiger partial charge in [-0.15, -0.1) is 5.10 Å². The van der Waals surface area contributed by atoms with Crippen molar-refractivity contribution >= 4 is 5.95 Å². The fourth-order valence-corrected chi connectivity index (χ4v) is 1.56. The van der Waals surface area contributed by atoms with Crippen LogP contribution in [0.3, 0.4) is 0 Å². The summed E-state index contributed by atoms with van der Waals surface area (Å²) in [6.45, 7) is 2.20. The number of nitrogen functional groups attached to an aromatic ring is 1. The Labute approximate surface area is 117 Å². The van der Waals surface area contributed by atoms with Crippen LogP contribution in [0.15, 0.2) is 30.6 Å². The van der Waals surface area contributed by atoms with E-state index in [0.29, 0.717) is 26.4 Å². The fourth-order valence-electron chi connectivity index (χ4n) is 1.56. The molecule has 0 fully saturated rings. The number of nitrogens with zero attached hydrogens (tertiary/aromatic N) is 3. The van der Waals surface area contributed by atoms with E-state index in [-0.39, 0.29) is 5.95 Å². The van der Waals surface area contributed by atoms with Crippen molar-refractivity contribution in [3.8, 4) is 11.4 Å². The Morgan fingerprint density at radius 1 is 1.10 bits per heavy atom. The number of aromatic nitrogens is 3. The average Bonchev–Trinajstić information content (AvgIpc) is 2.90. The number of nitrogens with two attached hydrogens (primary N) is 1. The number of ether oxygens (including phenoxy) is 3. The molecular weight excluding hydrogens is 260 g/mol. The van der Waals surface area contributed by atoms with Gasteiger partial charge in [0.25, 0.3) is 0 Å². The van der Waals surface area contributed by atoms with Gasteiger partial charge < -0.3 is 19.9 Å². The van der Waals surface area contributed by atoms with E-state index in [2.05, 4.69) is 10.1 Å². The summed E-state index contributed by atoms with van der Waals surface area (Å²) in [6, 6.07) is 7.50. The molecule has 0 amide bonds. The maximum Gasteiger partial charge on any atom is 0.239 e. The predicted octanol–water partition coefficient (Wildman–Crippen LogP) is 0.891. The Morgan fingerprint density at radius 2 is 1.85 bits per heavy atom. The first-order valence-corrected chi connectivity index (χ1v) is 6.26. The number of rotatable bonds is 8. The third-order valence-electron chi connectivity index (χ3n) is 2.54. The van der Waals surface area contributed by atoms with Crippen molar-refractivity contribution in [3.63, 3.8) is 0 Å². The van der Waals surface area contributed by atoms with Gasteiger partial charge in [0.15, 0.2) is 0 Å². The molecule has 0 bridgehead atoms. The maximum atomic E-state index is 5.55. The van der Waals surface area contributed by atoms with Crippen LogP contribution in [-0.2, 0) is 9.47 Å². The van der Waals surface area contributed by atoms with E-state index in [0.717, 1.165) is 11.4 Å². The first kappa shape index (κ1) is 14.3. The van der Waals surface area contributed by atoms with Crippen molar-refractivity contribution < 1.29 is 14.2 Å². The zero-order valence-corrected chi connectivity index (χ0v) is 11.4.